The molecule has 3 heteroatoms. The molecule has 0 unspecified atom stereocenters. The molecule has 1 aromatic heterocycles. The molecule has 0 aliphatic heterocycles. The Hall–Kier alpha value is -1.25. The van der Waals surface area contributed by atoms with E-state index in [-0.39, 0.29) is 0 Å². The minimum absolute atomic E-state index is 0.558. The monoisotopic (exact) mass is 236 g/mol. The highest BCUT2D eigenvalue weighted by Gasteiger charge is 2.16. The van der Waals surface area contributed by atoms with E-state index >= 15 is 0 Å². The molecular formula is C13H13ClO2. The fourth-order valence-electron chi connectivity index (χ4n) is 1.70. The van der Waals surface area contributed by atoms with Crippen molar-refractivity contribution in [2.75, 3.05) is 0 Å². The van der Waals surface area contributed by atoms with Gasteiger partial charge in [-0.1, -0.05) is 17.7 Å². The lowest BCUT2D eigenvalue weighted by Crippen LogP contribution is -2.00. The number of aryl methyl sites for hydroxylation is 2. The first-order chi connectivity index (χ1) is 7.58. The van der Waals surface area contributed by atoms with Crippen LogP contribution in [0.15, 0.2) is 34.7 Å². The molecule has 0 spiro atoms. The summed E-state index contributed by atoms with van der Waals surface area (Å²) in [6, 6.07) is 9.04. The molecule has 0 amide bonds. The molecule has 0 radical (unpaired) electrons. The summed E-state index contributed by atoms with van der Waals surface area (Å²) in [4.78, 5) is 0. The number of halogens is 1. The van der Waals surface area contributed by atoms with Gasteiger partial charge in [-0.3, -0.25) is 0 Å². The summed E-state index contributed by atoms with van der Waals surface area (Å²) in [5.74, 6) is 1.35. The van der Waals surface area contributed by atoms with Gasteiger partial charge in [0.1, 0.15) is 17.6 Å². The third-order valence-electron chi connectivity index (χ3n) is 2.56. The molecule has 0 bridgehead atoms. The summed E-state index contributed by atoms with van der Waals surface area (Å²) < 4.78 is 5.40. The molecule has 1 heterocycles. The van der Waals surface area contributed by atoms with E-state index in [0.29, 0.717) is 10.8 Å². The Labute approximate surface area is 99.5 Å². The molecular weight excluding hydrogens is 224 g/mol. The lowest BCUT2D eigenvalue weighted by molar-refractivity contribution is 0.187. The molecule has 16 heavy (non-hydrogen) atoms. The summed E-state index contributed by atoms with van der Waals surface area (Å²) >= 11 is 5.87. The molecule has 0 saturated heterocycles. The van der Waals surface area contributed by atoms with Crippen LogP contribution < -0.4 is 0 Å². The van der Waals surface area contributed by atoms with Crippen LogP contribution in [0, 0.1) is 13.8 Å². The molecule has 0 aliphatic carbocycles. The first-order valence-electron chi connectivity index (χ1n) is 5.08. The third kappa shape index (κ3) is 2.13. The largest absolute Gasteiger partial charge is 0.463 e. The van der Waals surface area contributed by atoms with Crippen molar-refractivity contribution >= 4 is 11.6 Å². The van der Waals surface area contributed by atoms with Gasteiger partial charge in [0, 0.05) is 5.02 Å². The van der Waals surface area contributed by atoms with E-state index in [0.717, 1.165) is 16.9 Å². The third-order valence-corrected chi connectivity index (χ3v) is 2.79. The van der Waals surface area contributed by atoms with E-state index in [1.807, 2.05) is 32.0 Å². The van der Waals surface area contributed by atoms with Crippen LogP contribution in [0.1, 0.15) is 28.8 Å². The minimum atomic E-state index is -0.731. The van der Waals surface area contributed by atoms with Crippen LogP contribution in [-0.2, 0) is 0 Å². The van der Waals surface area contributed by atoms with Crippen LogP contribution in [0.3, 0.4) is 0 Å². The number of benzene rings is 1. The highest BCUT2D eigenvalue weighted by atomic mass is 35.5. The van der Waals surface area contributed by atoms with Gasteiger partial charge >= 0.3 is 0 Å². The van der Waals surface area contributed by atoms with Crippen molar-refractivity contribution in [3.63, 3.8) is 0 Å². The van der Waals surface area contributed by atoms with E-state index in [1.54, 1.807) is 12.1 Å². The second-order valence-corrected chi connectivity index (χ2v) is 4.29. The van der Waals surface area contributed by atoms with Gasteiger partial charge in [-0.2, -0.15) is 0 Å². The number of rotatable bonds is 2. The molecule has 2 nitrogen and oxygen atoms in total. The van der Waals surface area contributed by atoms with Gasteiger partial charge in [-0.15, -0.1) is 0 Å². The smallest absolute Gasteiger partial charge is 0.137 e. The molecule has 2 rings (SSSR count). The van der Waals surface area contributed by atoms with E-state index in [1.165, 1.54) is 0 Å². The van der Waals surface area contributed by atoms with Crippen molar-refractivity contribution in [2.45, 2.75) is 20.0 Å². The molecule has 84 valence electrons. The van der Waals surface area contributed by atoms with Crippen molar-refractivity contribution in [1.29, 1.82) is 0 Å². The fourth-order valence-corrected chi connectivity index (χ4v) is 1.93. The van der Waals surface area contributed by atoms with Gasteiger partial charge in [-0.25, -0.2) is 0 Å². The summed E-state index contributed by atoms with van der Waals surface area (Å²) in [6.07, 6.45) is -0.731. The van der Waals surface area contributed by atoms with E-state index in [4.69, 9.17) is 16.0 Å². The van der Waals surface area contributed by atoms with Crippen molar-refractivity contribution in [3.8, 4) is 0 Å². The molecule has 0 fully saturated rings. The number of aliphatic hydroxyl groups excluding tert-OH is 1. The molecule has 0 saturated carbocycles. The van der Waals surface area contributed by atoms with Crippen LogP contribution in [-0.4, -0.2) is 5.11 Å². The van der Waals surface area contributed by atoms with Crippen LogP contribution in [0.4, 0.5) is 0 Å². The number of hydrogen-bond acceptors (Lipinski definition) is 2. The Bertz CT molecular complexity index is 502. The Balaban J connectivity index is 2.37. The van der Waals surface area contributed by atoms with E-state index in [2.05, 4.69) is 0 Å². The number of hydrogen-bond donors (Lipinski definition) is 1. The maximum absolute atomic E-state index is 10.1. The first-order valence-corrected chi connectivity index (χ1v) is 5.46. The quantitative estimate of drug-likeness (QED) is 0.864. The van der Waals surface area contributed by atoms with Gasteiger partial charge < -0.3 is 9.52 Å². The molecule has 0 aliphatic rings. The van der Waals surface area contributed by atoms with Gasteiger partial charge in [0.05, 0.1) is 0 Å². The van der Waals surface area contributed by atoms with E-state index < -0.39 is 6.10 Å². The highest BCUT2D eigenvalue weighted by Crippen LogP contribution is 2.27. The van der Waals surface area contributed by atoms with Crippen LogP contribution >= 0.6 is 11.6 Å². The van der Waals surface area contributed by atoms with Crippen LogP contribution in [0.2, 0.25) is 5.02 Å². The summed E-state index contributed by atoms with van der Waals surface area (Å²) in [6.45, 7) is 3.77. The average molecular weight is 237 g/mol. The van der Waals surface area contributed by atoms with Gasteiger partial charge in [0.15, 0.2) is 0 Å². The molecule has 1 atom stereocenters. The van der Waals surface area contributed by atoms with Crippen LogP contribution in [0.25, 0.3) is 0 Å². The van der Waals surface area contributed by atoms with E-state index in [9.17, 15) is 5.11 Å². The van der Waals surface area contributed by atoms with Crippen molar-refractivity contribution in [2.24, 2.45) is 0 Å². The number of aliphatic hydroxyl groups is 1. The zero-order chi connectivity index (χ0) is 11.7. The molecule has 2 aromatic rings. The summed E-state index contributed by atoms with van der Waals surface area (Å²) in [7, 11) is 0. The zero-order valence-corrected chi connectivity index (χ0v) is 9.95. The predicted octanol–water partition coefficient (Wildman–Crippen LogP) is 3.63. The maximum atomic E-state index is 10.1. The fraction of sp³-hybridized carbons (Fsp3) is 0.231. The first kappa shape index (κ1) is 11.2. The lowest BCUT2D eigenvalue weighted by atomic mass is 10.0. The average Bonchev–Trinajstić information content (AvgIpc) is 2.64. The number of furan rings is 1. The standard InChI is InChI=1S/C13H13ClO2/c1-8-7-10(14)4-5-11(8)13(15)12-6-3-9(2)16-12/h3-7,13,15H,1-2H3/t13-/m1/s1. The second kappa shape index (κ2) is 4.32. The lowest BCUT2D eigenvalue weighted by Gasteiger charge is -2.11. The minimum Gasteiger partial charge on any atom is -0.463 e. The predicted molar refractivity (Wildman–Crippen MR) is 63.7 cm³/mol. The Kier molecular flexibility index (Phi) is 3.03. The molecule has 1 N–H and O–H groups in total. The maximum Gasteiger partial charge on any atom is 0.137 e. The highest BCUT2D eigenvalue weighted by molar-refractivity contribution is 6.30. The summed E-state index contributed by atoms with van der Waals surface area (Å²) in [5.41, 5.74) is 1.77. The topological polar surface area (TPSA) is 33.4 Å². The Morgan fingerprint density at radius 2 is 1.94 bits per heavy atom. The molecule has 1 aromatic carbocycles. The van der Waals surface area contributed by atoms with Gasteiger partial charge in [0.25, 0.3) is 0 Å². The van der Waals surface area contributed by atoms with Gasteiger partial charge in [-0.05, 0) is 49.2 Å². The second-order valence-electron chi connectivity index (χ2n) is 3.85. The summed E-state index contributed by atoms with van der Waals surface area (Å²) in [5, 5.41) is 10.8. The Morgan fingerprint density at radius 3 is 2.50 bits per heavy atom. The zero-order valence-electron chi connectivity index (χ0n) is 9.20. The van der Waals surface area contributed by atoms with Crippen LogP contribution in [0.5, 0.6) is 0 Å². The normalized spacial score (nSPS) is 12.8. The van der Waals surface area contributed by atoms with Crippen molar-refractivity contribution in [3.05, 3.63) is 58.0 Å². The van der Waals surface area contributed by atoms with Gasteiger partial charge in [0.2, 0.25) is 0 Å². The van der Waals surface area contributed by atoms with Crippen molar-refractivity contribution in [1.82, 2.24) is 0 Å². The van der Waals surface area contributed by atoms with Crippen molar-refractivity contribution < 1.29 is 9.52 Å². The Morgan fingerprint density at radius 1 is 1.19 bits per heavy atom. The SMILES string of the molecule is Cc1ccc([C@H](O)c2ccc(Cl)cc2C)o1.